The highest BCUT2D eigenvalue weighted by Crippen LogP contribution is 2.07. The van der Waals surface area contributed by atoms with Crippen LogP contribution in [0.5, 0.6) is 0 Å². The number of rotatable bonds is 1. The summed E-state index contributed by atoms with van der Waals surface area (Å²) in [5.41, 5.74) is 5.75. The molecule has 0 amide bonds. The van der Waals surface area contributed by atoms with Gasteiger partial charge in [0, 0.05) is 6.08 Å². The van der Waals surface area contributed by atoms with Crippen LogP contribution in [0, 0.1) is 11.3 Å². The maximum absolute atomic E-state index is 8.19. The Bertz CT molecular complexity index is 266. The van der Waals surface area contributed by atoms with Crippen molar-refractivity contribution < 1.29 is 4.42 Å². The molecule has 0 radical (unpaired) electrons. The van der Waals surface area contributed by atoms with Gasteiger partial charge in [-0.15, -0.1) is 0 Å². The van der Waals surface area contributed by atoms with E-state index in [-0.39, 0.29) is 0 Å². The van der Waals surface area contributed by atoms with E-state index < -0.39 is 0 Å². The highest BCUT2D eigenvalue weighted by atomic mass is 16.3. The van der Waals surface area contributed by atoms with Crippen LogP contribution in [0.4, 0.5) is 0 Å². The molecular formula is C7H6N2O. The lowest BCUT2D eigenvalue weighted by Crippen LogP contribution is -1.92. The third-order valence-corrected chi connectivity index (χ3v) is 1.03. The zero-order valence-corrected chi connectivity index (χ0v) is 5.24. The molecule has 10 heavy (non-hydrogen) atoms. The molecule has 0 saturated carbocycles. The summed E-state index contributed by atoms with van der Waals surface area (Å²) >= 11 is 0. The van der Waals surface area contributed by atoms with E-state index in [2.05, 4.69) is 0 Å². The molecule has 0 bridgehead atoms. The fraction of sp³-hybridized carbons (Fsp3) is 0. The van der Waals surface area contributed by atoms with Gasteiger partial charge in [-0.05, 0) is 12.1 Å². The summed E-state index contributed by atoms with van der Waals surface area (Å²) in [5.74, 6) is 0.529. The monoisotopic (exact) mass is 134 g/mol. The summed E-state index contributed by atoms with van der Waals surface area (Å²) in [6.07, 6.45) is 2.74. The number of nitrogens with zero attached hydrogens (tertiary/aromatic N) is 1. The van der Waals surface area contributed by atoms with Crippen molar-refractivity contribution in [3.05, 3.63) is 30.2 Å². The van der Waals surface area contributed by atoms with Crippen molar-refractivity contribution in [1.82, 2.24) is 0 Å². The molecule has 0 aromatic carbocycles. The van der Waals surface area contributed by atoms with Crippen LogP contribution >= 0.6 is 0 Å². The van der Waals surface area contributed by atoms with Crippen molar-refractivity contribution in [1.29, 1.82) is 5.26 Å². The Morgan fingerprint density at radius 3 is 3.10 bits per heavy atom. The maximum Gasteiger partial charge on any atom is 0.150 e. The van der Waals surface area contributed by atoms with Crippen LogP contribution in [0.1, 0.15) is 5.76 Å². The molecule has 0 unspecified atom stereocenters. The Balaban J connectivity index is 2.90. The molecule has 0 spiro atoms. The zero-order chi connectivity index (χ0) is 7.40. The van der Waals surface area contributed by atoms with E-state index >= 15 is 0 Å². The van der Waals surface area contributed by atoms with E-state index in [1.807, 2.05) is 6.07 Å². The van der Waals surface area contributed by atoms with Crippen LogP contribution in [0.15, 0.2) is 28.9 Å². The van der Waals surface area contributed by atoms with Crippen molar-refractivity contribution in [3.8, 4) is 6.07 Å². The number of hydrogen-bond acceptors (Lipinski definition) is 3. The largest absolute Gasteiger partial charge is 0.463 e. The van der Waals surface area contributed by atoms with E-state index in [1.165, 1.54) is 12.3 Å². The second-order valence-electron chi connectivity index (χ2n) is 1.71. The molecule has 3 heteroatoms. The Morgan fingerprint density at radius 2 is 2.60 bits per heavy atom. The average molecular weight is 134 g/mol. The number of nitriles is 1. The van der Waals surface area contributed by atoms with Crippen molar-refractivity contribution in [3.63, 3.8) is 0 Å². The molecule has 50 valence electrons. The molecule has 1 heterocycles. The first-order valence-corrected chi connectivity index (χ1v) is 2.73. The minimum atomic E-state index is 0.354. The first-order chi connectivity index (χ1) is 4.84. The van der Waals surface area contributed by atoms with Crippen molar-refractivity contribution in [2.45, 2.75) is 0 Å². The third kappa shape index (κ3) is 1.17. The summed E-state index contributed by atoms with van der Waals surface area (Å²) in [6.45, 7) is 0. The first kappa shape index (κ1) is 6.43. The second-order valence-corrected chi connectivity index (χ2v) is 1.71. The van der Waals surface area contributed by atoms with Gasteiger partial charge in [0.05, 0.1) is 18.0 Å². The fourth-order valence-corrected chi connectivity index (χ4v) is 0.583. The smallest absolute Gasteiger partial charge is 0.150 e. The molecule has 0 fully saturated rings. The topological polar surface area (TPSA) is 63.0 Å². The minimum absolute atomic E-state index is 0.354. The number of nitrogens with two attached hydrogens (primary N) is 1. The summed E-state index contributed by atoms with van der Waals surface area (Å²) in [5, 5.41) is 8.19. The predicted octanol–water partition coefficient (Wildman–Crippen LogP) is 1.10. The maximum atomic E-state index is 8.19. The second kappa shape index (κ2) is 2.74. The standard InChI is InChI=1S/C7H6N2O/c8-4-3-6(9)7-2-1-5-10-7/h1-3,5H,9H2/b6-3+. The summed E-state index contributed by atoms with van der Waals surface area (Å²) in [7, 11) is 0. The molecule has 1 rings (SSSR count). The van der Waals surface area contributed by atoms with E-state index in [0.29, 0.717) is 11.5 Å². The Morgan fingerprint density at radius 1 is 1.80 bits per heavy atom. The molecule has 0 aliphatic carbocycles. The molecule has 0 atom stereocenters. The summed E-state index contributed by atoms with van der Waals surface area (Å²) in [4.78, 5) is 0. The molecule has 0 saturated heterocycles. The lowest BCUT2D eigenvalue weighted by atomic mass is 10.3. The van der Waals surface area contributed by atoms with Gasteiger partial charge in [-0.1, -0.05) is 0 Å². The quantitative estimate of drug-likeness (QED) is 0.585. The van der Waals surface area contributed by atoms with E-state index in [9.17, 15) is 0 Å². The number of hydrogen-bond donors (Lipinski definition) is 1. The average Bonchev–Trinajstić information content (AvgIpc) is 2.38. The van der Waals surface area contributed by atoms with Crippen LogP contribution in [0.2, 0.25) is 0 Å². The SMILES string of the molecule is N#C/C=C(/N)c1ccco1. The fourth-order valence-electron chi connectivity index (χ4n) is 0.583. The van der Waals surface area contributed by atoms with Crippen molar-refractivity contribution >= 4 is 5.70 Å². The molecule has 3 nitrogen and oxygen atoms in total. The number of allylic oxidation sites excluding steroid dienone is 1. The lowest BCUT2D eigenvalue weighted by Gasteiger charge is -1.89. The Hall–Kier alpha value is -1.69. The van der Waals surface area contributed by atoms with Gasteiger partial charge in [0.25, 0.3) is 0 Å². The van der Waals surface area contributed by atoms with E-state index in [0.717, 1.165) is 0 Å². The van der Waals surface area contributed by atoms with Crippen LogP contribution in [-0.2, 0) is 0 Å². The molecule has 0 aliphatic heterocycles. The van der Waals surface area contributed by atoms with E-state index in [1.54, 1.807) is 12.1 Å². The number of furan rings is 1. The highest BCUT2D eigenvalue weighted by Gasteiger charge is 1.95. The third-order valence-electron chi connectivity index (χ3n) is 1.03. The van der Waals surface area contributed by atoms with Gasteiger partial charge >= 0.3 is 0 Å². The van der Waals surface area contributed by atoms with Gasteiger partial charge in [0.2, 0.25) is 0 Å². The highest BCUT2D eigenvalue weighted by molar-refractivity contribution is 5.60. The zero-order valence-electron chi connectivity index (χ0n) is 5.24. The van der Waals surface area contributed by atoms with Crippen LogP contribution in [0.3, 0.4) is 0 Å². The van der Waals surface area contributed by atoms with Crippen LogP contribution < -0.4 is 5.73 Å². The van der Waals surface area contributed by atoms with Gasteiger partial charge in [-0.25, -0.2) is 0 Å². The molecular weight excluding hydrogens is 128 g/mol. The normalized spacial score (nSPS) is 10.9. The predicted molar refractivity (Wildman–Crippen MR) is 36.5 cm³/mol. The van der Waals surface area contributed by atoms with Crippen molar-refractivity contribution in [2.75, 3.05) is 0 Å². The van der Waals surface area contributed by atoms with Gasteiger partial charge in [-0.2, -0.15) is 5.26 Å². The van der Waals surface area contributed by atoms with Crippen molar-refractivity contribution in [2.24, 2.45) is 5.73 Å². The molecule has 0 aliphatic rings. The summed E-state index contributed by atoms with van der Waals surface area (Å²) in [6, 6.07) is 5.22. The van der Waals surface area contributed by atoms with Crippen LogP contribution in [0.25, 0.3) is 5.70 Å². The van der Waals surface area contributed by atoms with Gasteiger partial charge in [0.1, 0.15) is 5.76 Å². The van der Waals surface area contributed by atoms with Gasteiger partial charge in [0.15, 0.2) is 0 Å². The van der Waals surface area contributed by atoms with Crippen LogP contribution in [-0.4, -0.2) is 0 Å². The first-order valence-electron chi connectivity index (χ1n) is 2.73. The van der Waals surface area contributed by atoms with Gasteiger partial charge < -0.3 is 10.2 Å². The Labute approximate surface area is 58.4 Å². The lowest BCUT2D eigenvalue weighted by molar-refractivity contribution is 0.552. The van der Waals surface area contributed by atoms with Gasteiger partial charge in [-0.3, -0.25) is 0 Å². The minimum Gasteiger partial charge on any atom is -0.463 e. The summed E-state index contributed by atoms with van der Waals surface area (Å²) < 4.78 is 4.90. The molecule has 1 aromatic rings. The van der Waals surface area contributed by atoms with E-state index in [4.69, 9.17) is 15.4 Å². The Kier molecular flexibility index (Phi) is 1.76. The molecule has 1 aromatic heterocycles. The molecule has 2 N–H and O–H groups in total.